The number of anilines is 1. The van der Waals surface area contributed by atoms with Gasteiger partial charge in [-0.15, -0.1) is 0 Å². The summed E-state index contributed by atoms with van der Waals surface area (Å²) in [6.45, 7) is 9.30. The number of benzene rings is 2. The minimum atomic E-state index is -0.969. The van der Waals surface area contributed by atoms with Gasteiger partial charge in [0.25, 0.3) is 5.91 Å². The minimum Gasteiger partial charge on any atom is -0.496 e. The summed E-state index contributed by atoms with van der Waals surface area (Å²) in [5, 5.41) is 0.841. The van der Waals surface area contributed by atoms with Crippen LogP contribution in [0.25, 0.3) is 33.0 Å². The maximum Gasteiger partial charge on any atom is 0.319 e. The molecular formula is C35H34ClF2N7O3. The summed E-state index contributed by atoms with van der Waals surface area (Å²) in [7, 11) is 3.53. The van der Waals surface area contributed by atoms with Crippen LogP contribution in [0, 0.1) is 12.4 Å². The average molecular weight is 674 g/mol. The van der Waals surface area contributed by atoms with Crippen molar-refractivity contribution in [2.75, 3.05) is 58.4 Å². The summed E-state index contributed by atoms with van der Waals surface area (Å²) in [6, 6.07) is 12.8. The molecule has 0 unspecified atom stereocenters. The van der Waals surface area contributed by atoms with Crippen LogP contribution in [-0.4, -0.2) is 96.2 Å². The first-order valence-electron chi connectivity index (χ1n) is 15.6. The maximum atomic E-state index is 16.5. The van der Waals surface area contributed by atoms with Gasteiger partial charge < -0.3 is 29.0 Å². The summed E-state index contributed by atoms with van der Waals surface area (Å²) in [5.41, 5.74) is 1.05. The second-order valence-corrected chi connectivity index (χ2v) is 12.2. The molecule has 2 aliphatic heterocycles. The number of carbonyl (C=O) groups is 1. The van der Waals surface area contributed by atoms with E-state index in [-0.39, 0.29) is 49.3 Å². The molecule has 48 heavy (non-hydrogen) atoms. The quantitative estimate of drug-likeness (QED) is 0.160. The fourth-order valence-electron chi connectivity index (χ4n) is 6.26. The number of methoxy groups -OCH3 is 1. The number of amides is 1. The highest BCUT2D eigenvalue weighted by Gasteiger charge is 2.36. The van der Waals surface area contributed by atoms with Gasteiger partial charge in [0, 0.05) is 59.5 Å². The average Bonchev–Trinajstić information content (AvgIpc) is 3.51. The topological polar surface area (TPSA) is 88.3 Å². The van der Waals surface area contributed by atoms with Gasteiger partial charge in [-0.2, -0.15) is 9.97 Å². The lowest BCUT2D eigenvalue weighted by molar-refractivity contribution is -0.130. The number of nitrogens with zero attached hydrogens (tertiary/aromatic N) is 7. The Bertz CT molecular complexity index is 1890. The zero-order valence-corrected chi connectivity index (χ0v) is 27.3. The van der Waals surface area contributed by atoms with Crippen molar-refractivity contribution < 1.29 is 23.0 Å². The second-order valence-electron chi connectivity index (χ2n) is 11.8. The molecule has 4 aromatic rings. The molecular weight excluding hydrogens is 640 g/mol. The van der Waals surface area contributed by atoms with E-state index in [1.54, 1.807) is 48.5 Å². The number of hydrogen-bond acceptors (Lipinski definition) is 8. The van der Waals surface area contributed by atoms with E-state index in [9.17, 15) is 4.79 Å². The lowest BCUT2D eigenvalue weighted by Gasteiger charge is -2.39. The van der Waals surface area contributed by atoms with Crippen LogP contribution in [-0.2, 0) is 4.79 Å². The predicted octanol–water partition coefficient (Wildman–Crippen LogP) is 5.91. The van der Waals surface area contributed by atoms with Gasteiger partial charge in [-0.05, 0) is 62.8 Å². The molecule has 1 amide bonds. The Morgan fingerprint density at radius 1 is 1.12 bits per heavy atom. The number of likely N-dealkylation sites (N-methyl/N-ethyl adjacent to an activating group) is 1. The number of pyridine rings is 1. The third kappa shape index (κ3) is 6.88. The number of carbonyl (C=O) groups excluding carboxylic acids is 1. The Hall–Kier alpha value is -4.86. The lowest BCUT2D eigenvalue weighted by Crippen LogP contribution is -2.56. The second kappa shape index (κ2) is 14.5. The minimum absolute atomic E-state index is 0.0106. The van der Waals surface area contributed by atoms with Gasteiger partial charge in [-0.3, -0.25) is 9.78 Å². The third-order valence-corrected chi connectivity index (χ3v) is 9.04. The first kappa shape index (κ1) is 33.1. The van der Waals surface area contributed by atoms with E-state index in [4.69, 9.17) is 32.6 Å². The zero-order valence-electron chi connectivity index (χ0n) is 26.6. The molecule has 2 atom stereocenters. The summed E-state index contributed by atoms with van der Waals surface area (Å²) in [4.78, 5) is 35.6. The Morgan fingerprint density at radius 3 is 2.71 bits per heavy atom. The van der Waals surface area contributed by atoms with Gasteiger partial charge in [0.15, 0.2) is 11.6 Å². The molecule has 0 N–H and O–H groups in total. The van der Waals surface area contributed by atoms with Crippen molar-refractivity contribution in [2.45, 2.75) is 24.9 Å². The first-order valence-corrected chi connectivity index (χ1v) is 16.0. The van der Waals surface area contributed by atoms with Crippen LogP contribution in [0.2, 0.25) is 5.02 Å². The Labute approximate surface area is 282 Å². The number of likely N-dealkylation sites (tertiary alicyclic amines) is 1. The van der Waals surface area contributed by atoms with Crippen molar-refractivity contribution in [2.24, 2.45) is 0 Å². The summed E-state index contributed by atoms with van der Waals surface area (Å²) < 4.78 is 43.3. The van der Waals surface area contributed by atoms with E-state index in [0.717, 1.165) is 25.5 Å². The highest BCUT2D eigenvalue weighted by molar-refractivity contribution is 6.31. The van der Waals surface area contributed by atoms with Crippen molar-refractivity contribution in [3.63, 3.8) is 0 Å². The number of piperazine rings is 1. The van der Waals surface area contributed by atoms with E-state index in [2.05, 4.69) is 19.7 Å². The van der Waals surface area contributed by atoms with Crippen LogP contribution in [0.5, 0.6) is 11.8 Å². The van der Waals surface area contributed by atoms with Crippen LogP contribution >= 0.6 is 11.6 Å². The fraction of sp³-hybridized carbons (Fsp3) is 0.343. The fourth-order valence-corrected chi connectivity index (χ4v) is 6.43. The Morgan fingerprint density at radius 2 is 1.98 bits per heavy atom. The number of aromatic nitrogens is 3. The maximum absolute atomic E-state index is 16.5. The molecule has 10 nitrogen and oxygen atoms in total. The largest absolute Gasteiger partial charge is 0.496 e. The van der Waals surface area contributed by atoms with Crippen LogP contribution in [0.1, 0.15) is 18.5 Å². The van der Waals surface area contributed by atoms with E-state index in [0.29, 0.717) is 39.8 Å². The van der Waals surface area contributed by atoms with E-state index in [1.165, 1.54) is 18.2 Å². The standard InChI is InChI=1S/C35H34ClF2N7O3/c1-39-19-25-20-44(15-16-45(25)34(46)29(37)18-23-7-4-5-13-40-23)33-27-11-10-26(28-17-22(36)9-12-30(28)47-3)31(38)32(27)41-35(42-33)48-21-24-8-6-14-43(24)2/h4-5,7,9-13,17-18,24-25H,6,8,14-16,19-21H2,2-3H3/b29-18-/t24-,25-/m0/s1. The molecule has 2 aliphatic rings. The van der Waals surface area contributed by atoms with Gasteiger partial charge in [-0.25, -0.2) is 15.4 Å². The van der Waals surface area contributed by atoms with Crippen molar-refractivity contribution in [1.82, 2.24) is 24.8 Å². The number of hydrogen-bond donors (Lipinski definition) is 0. The SMILES string of the molecule is [C-]#[N+]C[C@H]1CN(c2nc(OC[C@@H]3CCCN3C)nc3c(F)c(-c4cc(Cl)ccc4OC)ccc23)CCN1C(=O)/C(F)=C/c1ccccn1. The lowest BCUT2D eigenvalue weighted by atomic mass is 10.0. The normalized spacial score (nSPS) is 18.6. The molecule has 248 valence electrons. The Kier molecular flexibility index (Phi) is 9.98. The number of fused-ring (bicyclic) bond motifs is 1. The molecule has 0 bridgehead atoms. The molecule has 2 saturated heterocycles. The molecule has 0 radical (unpaired) electrons. The van der Waals surface area contributed by atoms with Crippen molar-refractivity contribution in [3.05, 3.63) is 88.5 Å². The molecule has 13 heteroatoms. The Balaban J connectivity index is 1.37. The van der Waals surface area contributed by atoms with Gasteiger partial charge in [0.1, 0.15) is 29.7 Å². The van der Waals surface area contributed by atoms with Gasteiger partial charge in [0.2, 0.25) is 6.54 Å². The smallest absolute Gasteiger partial charge is 0.319 e. The number of ether oxygens (including phenoxy) is 2. The zero-order chi connectivity index (χ0) is 33.8. The third-order valence-electron chi connectivity index (χ3n) is 8.81. The van der Waals surface area contributed by atoms with Crippen LogP contribution < -0.4 is 14.4 Å². The molecule has 2 aromatic carbocycles. The molecule has 0 aliphatic carbocycles. The van der Waals surface area contributed by atoms with Gasteiger partial charge in [0.05, 0.1) is 12.8 Å². The highest BCUT2D eigenvalue weighted by Crippen LogP contribution is 2.39. The van der Waals surface area contributed by atoms with Crippen LogP contribution in [0.3, 0.4) is 0 Å². The van der Waals surface area contributed by atoms with Crippen molar-refractivity contribution >= 4 is 40.3 Å². The van der Waals surface area contributed by atoms with Gasteiger partial charge >= 0.3 is 6.01 Å². The molecule has 0 saturated carbocycles. The van der Waals surface area contributed by atoms with Crippen LogP contribution in [0.15, 0.2) is 60.6 Å². The molecule has 0 spiro atoms. The molecule has 6 rings (SSSR count). The van der Waals surface area contributed by atoms with Crippen molar-refractivity contribution in [1.29, 1.82) is 0 Å². The number of rotatable bonds is 9. The molecule has 4 heterocycles. The van der Waals surface area contributed by atoms with E-state index in [1.807, 2.05) is 11.9 Å². The molecule has 2 fully saturated rings. The summed E-state index contributed by atoms with van der Waals surface area (Å²) in [5.74, 6) is -1.56. The highest BCUT2D eigenvalue weighted by atomic mass is 35.5. The summed E-state index contributed by atoms with van der Waals surface area (Å²) in [6.07, 6.45) is 4.61. The molecule has 2 aromatic heterocycles. The van der Waals surface area contributed by atoms with Crippen molar-refractivity contribution in [3.8, 4) is 22.9 Å². The van der Waals surface area contributed by atoms with E-state index < -0.39 is 23.6 Å². The van der Waals surface area contributed by atoms with Gasteiger partial charge in [-0.1, -0.05) is 23.7 Å². The number of halogens is 3. The first-order chi connectivity index (χ1) is 23.3. The predicted molar refractivity (Wildman–Crippen MR) is 180 cm³/mol. The summed E-state index contributed by atoms with van der Waals surface area (Å²) >= 11 is 6.28. The van der Waals surface area contributed by atoms with E-state index >= 15 is 8.78 Å². The monoisotopic (exact) mass is 673 g/mol. The van der Waals surface area contributed by atoms with Crippen LogP contribution in [0.4, 0.5) is 14.6 Å².